The van der Waals surface area contributed by atoms with Crippen LogP contribution >= 0.6 is 0 Å². The number of carbonyl (C=O) groups is 1. The van der Waals surface area contributed by atoms with E-state index in [-0.39, 0.29) is 11.9 Å². The minimum Gasteiger partial charge on any atom is -0.424 e. The number of hydrogen-bond donors (Lipinski definition) is 1. The molecule has 0 saturated carbocycles. The minimum absolute atomic E-state index is 0.107. The molecule has 8 heteroatoms. The molecule has 0 radical (unpaired) electrons. The zero-order chi connectivity index (χ0) is 23.4. The van der Waals surface area contributed by atoms with Gasteiger partial charge in [-0.15, -0.1) is 0 Å². The quantitative estimate of drug-likeness (QED) is 0.607. The summed E-state index contributed by atoms with van der Waals surface area (Å²) in [7, 11) is 0. The summed E-state index contributed by atoms with van der Waals surface area (Å²) in [5, 5.41) is 11.3. The number of benzene rings is 2. The SMILES string of the molecule is O=C(c1cccc(Oc2ncccn2)c1)N1CCC(O)(CN2CCN(c3ccccc3)CC2)C1. The number of anilines is 1. The minimum atomic E-state index is -0.892. The molecular formula is C26H29N5O3. The number of aromatic nitrogens is 2. The van der Waals surface area contributed by atoms with Gasteiger partial charge in [-0.05, 0) is 42.8 Å². The lowest BCUT2D eigenvalue weighted by Gasteiger charge is -2.39. The molecule has 1 N–H and O–H groups in total. The second kappa shape index (κ2) is 9.79. The van der Waals surface area contributed by atoms with E-state index in [2.05, 4.69) is 44.0 Å². The number of hydrogen-bond acceptors (Lipinski definition) is 7. The summed E-state index contributed by atoms with van der Waals surface area (Å²) in [6.07, 6.45) is 3.78. The van der Waals surface area contributed by atoms with Gasteiger partial charge in [-0.25, -0.2) is 9.97 Å². The lowest BCUT2D eigenvalue weighted by molar-refractivity contribution is 0.0103. The number of nitrogens with zero attached hydrogens (tertiary/aromatic N) is 5. The predicted molar refractivity (Wildman–Crippen MR) is 129 cm³/mol. The van der Waals surface area contributed by atoms with Gasteiger partial charge in [0, 0.05) is 62.9 Å². The van der Waals surface area contributed by atoms with E-state index < -0.39 is 5.60 Å². The van der Waals surface area contributed by atoms with Crippen LogP contribution in [0, 0.1) is 0 Å². The van der Waals surface area contributed by atoms with Gasteiger partial charge in [0.15, 0.2) is 0 Å². The molecule has 5 rings (SSSR count). The highest BCUT2D eigenvalue weighted by molar-refractivity contribution is 5.94. The Morgan fingerprint density at radius 2 is 1.71 bits per heavy atom. The molecule has 3 heterocycles. The van der Waals surface area contributed by atoms with Gasteiger partial charge in [0.1, 0.15) is 5.75 Å². The van der Waals surface area contributed by atoms with E-state index in [1.165, 1.54) is 5.69 Å². The standard InChI is InChI=1S/C26H29N5O3/c32-24(21-6-4-9-23(18-21)34-25-27-11-5-12-28-25)31-13-10-26(33,20-31)19-29-14-16-30(17-15-29)22-7-2-1-3-8-22/h1-9,11-12,18,33H,10,13-17,19-20H2. The lowest BCUT2D eigenvalue weighted by Crippen LogP contribution is -2.53. The van der Waals surface area contributed by atoms with E-state index in [0.29, 0.717) is 37.4 Å². The molecule has 1 aromatic heterocycles. The zero-order valence-corrected chi connectivity index (χ0v) is 19.1. The molecule has 8 nitrogen and oxygen atoms in total. The van der Waals surface area contributed by atoms with Gasteiger partial charge in [-0.2, -0.15) is 0 Å². The number of piperazine rings is 1. The zero-order valence-electron chi connectivity index (χ0n) is 19.1. The Hall–Kier alpha value is -3.49. The molecule has 3 aromatic rings. The fourth-order valence-electron chi connectivity index (χ4n) is 4.70. The Bertz CT molecular complexity index is 1110. The fraction of sp³-hybridized carbons (Fsp3) is 0.346. The van der Waals surface area contributed by atoms with Gasteiger partial charge in [0.25, 0.3) is 5.91 Å². The van der Waals surface area contributed by atoms with Crippen molar-refractivity contribution < 1.29 is 14.6 Å². The molecule has 0 spiro atoms. The number of likely N-dealkylation sites (tertiary alicyclic amines) is 1. The molecule has 0 bridgehead atoms. The molecule has 2 aromatic carbocycles. The molecule has 2 fully saturated rings. The van der Waals surface area contributed by atoms with E-state index in [4.69, 9.17) is 4.74 Å². The number of β-amino-alcohol motifs (C(OH)–C–C–N with tert-alkyl or cyclic N) is 1. The number of carbonyl (C=O) groups excluding carboxylic acids is 1. The monoisotopic (exact) mass is 459 g/mol. The maximum atomic E-state index is 13.1. The fourth-order valence-corrected chi connectivity index (χ4v) is 4.70. The van der Waals surface area contributed by atoms with E-state index in [1.807, 2.05) is 6.07 Å². The summed E-state index contributed by atoms with van der Waals surface area (Å²) in [6, 6.07) is 19.4. The smallest absolute Gasteiger partial charge is 0.321 e. The molecule has 34 heavy (non-hydrogen) atoms. The van der Waals surface area contributed by atoms with Crippen molar-refractivity contribution in [2.24, 2.45) is 0 Å². The second-order valence-electron chi connectivity index (χ2n) is 8.96. The Kier molecular flexibility index (Phi) is 6.42. The van der Waals surface area contributed by atoms with Crippen molar-refractivity contribution in [1.29, 1.82) is 0 Å². The number of rotatable bonds is 6. The molecule has 176 valence electrons. The number of aliphatic hydroxyl groups is 1. The van der Waals surface area contributed by atoms with Crippen LogP contribution in [0.2, 0.25) is 0 Å². The largest absolute Gasteiger partial charge is 0.424 e. The summed E-state index contributed by atoms with van der Waals surface area (Å²) in [5.74, 6) is 0.395. The molecule has 0 aliphatic carbocycles. The third-order valence-corrected chi connectivity index (χ3v) is 6.46. The van der Waals surface area contributed by atoms with Crippen LogP contribution in [0.4, 0.5) is 5.69 Å². The van der Waals surface area contributed by atoms with Gasteiger partial charge in [-0.3, -0.25) is 9.69 Å². The Balaban J connectivity index is 1.16. The van der Waals surface area contributed by atoms with Gasteiger partial charge in [0.05, 0.1) is 12.1 Å². The molecule has 2 aliphatic heterocycles. The van der Waals surface area contributed by atoms with Crippen LogP contribution < -0.4 is 9.64 Å². The molecule has 1 atom stereocenters. The van der Waals surface area contributed by atoms with Crippen molar-refractivity contribution in [3.63, 3.8) is 0 Å². The van der Waals surface area contributed by atoms with E-state index in [1.54, 1.807) is 47.6 Å². The van der Waals surface area contributed by atoms with Crippen molar-refractivity contribution in [3.8, 4) is 11.8 Å². The van der Waals surface area contributed by atoms with E-state index in [9.17, 15) is 9.90 Å². The third kappa shape index (κ3) is 5.18. The number of amides is 1. The summed E-state index contributed by atoms with van der Waals surface area (Å²) in [4.78, 5) is 27.7. The van der Waals surface area contributed by atoms with Crippen LogP contribution in [0.15, 0.2) is 73.1 Å². The van der Waals surface area contributed by atoms with Crippen LogP contribution in [0.3, 0.4) is 0 Å². The summed E-state index contributed by atoms with van der Waals surface area (Å²) in [6.45, 7) is 5.09. The third-order valence-electron chi connectivity index (χ3n) is 6.46. The number of para-hydroxylation sites is 1. The van der Waals surface area contributed by atoms with Crippen molar-refractivity contribution in [2.45, 2.75) is 12.0 Å². The van der Waals surface area contributed by atoms with Gasteiger partial charge < -0.3 is 19.6 Å². The van der Waals surface area contributed by atoms with E-state index in [0.717, 1.165) is 26.2 Å². The van der Waals surface area contributed by atoms with Crippen LogP contribution in [-0.4, -0.2) is 82.2 Å². The van der Waals surface area contributed by atoms with Gasteiger partial charge >= 0.3 is 6.01 Å². The first-order valence-electron chi connectivity index (χ1n) is 11.7. The van der Waals surface area contributed by atoms with Gasteiger partial charge in [0.2, 0.25) is 0 Å². The van der Waals surface area contributed by atoms with Crippen molar-refractivity contribution in [2.75, 3.05) is 50.7 Å². The Morgan fingerprint density at radius 1 is 0.941 bits per heavy atom. The average molecular weight is 460 g/mol. The van der Waals surface area contributed by atoms with Gasteiger partial charge in [-0.1, -0.05) is 24.3 Å². The first kappa shape index (κ1) is 22.3. The topological polar surface area (TPSA) is 82.0 Å². The predicted octanol–water partition coefficient (Wildman–Crippen LogP) is 2.67. The highest BCUT2D eigenvalue weighted by Crippen LogP contribution is 2.27. The lowest BCUT2D eigenvalue weighted by atomic mass is 10.0. The van der Waals surface area contributed by atoms with Crippen molar-refractivity contribution in [1.82, 2.24) is 19.8 Å². The molecule has 1 unspecified atom stereocenters. The first-order chi connectivity index (χ1) is 16.6. The maximum absolute atomic E-state index is 13.1. The highest BCUT2D eigenvalue weighted by atomic mass is 16.5. The summed E-state index contributed by atoms with van der Waals surface area (Å²) in [5.41, 5.74) is 0.869. The molecule has 2 aliphatic rings. The second-order valence-corrected chi connectivity index (χ2v) is 8.96. The molecular weight excluding hydrogens is 430 g/mol. The van der Waals surface area contributed by atoms with Crippen molar-refractivity contribution >= 4 is 11.6 Å². The summed E-state index contributed by atoms with van der Waals surface area (Å²) < 4.78 is 5.66. The van der Waals surface area contributed by atoms with Crippen LogP contribution in [0.1, 0.15) is 16.8 Å². The van der Waals surface area contributed by atoms with Crippen LogP contribution in [-0.2, 0) is 0 Å². The normalized spacial score (nSPS) is 21.0. The number of ether oxygens (including phenoxy) is 1. The first-order valence-corrected chi connectivity index (χ1v) is 11.7. The molecule has 2 saturated heterocycles. The average Bonchev–Trinajstić information content (AvgIpc) is 3.27. The maximum Gasteiger partial charge on any atom is 0.321 e. The van der Waals surface area contributed by atoms with Crippen molar-refractivity contribution in [3.05, 3.63) is 78.6 Å². The molecule has 1 amide bonds. The highest BCUT2D eigenvalue weighted by Gasteiger charge is 2.40. The summed E-state index contributed by atoms with van der Waals surface area (Å²) >= 11 is 0. The Labute approximate surface area is 199 Å². The Morgan fingerprint density at radius 3 is 2.47 bits per heavy atom. The van der Waals surface area contributed by atoms with Crippen LogP contribution in [0.5, 0.6) is 11.8 Å². The van der Waals surface area contributed by atoms with E-state index >= 15 is 0 Å². The van der Waals surface area contributed by atoms with Crippen LogP contribution in [0.25, 0.3) is 0 Å².